The molecule has 0 atom stereocenters. The minimum absolute atomic E-state index is 0.108. The van der Waals surface area contributed by atoms with Gasteiger partial charge in [0.05, 0.1) is 0 Å². The molecule has 1 fully saturated rings. The van der Waals surface area contributed by atoms with Crippen LogP contribution in [0.5, 0.6) is 0 Å². The van der Waals surface area contributed by atoms with E-state index in [-0.39, 0.29) is 5.78 Å². The molecular weight excluding hydrogens is 292 g/mol. The number of ketones is 1. The first-order valence-corrected chi connectivity index (χ1v) is 8.69. The van der Waals surface area contributed by atoms with Crippen LogP contribution in [0.4, 0.5) is 5.69 Å². The summed E-state index contributed by atoms with van der Waals surface area (Å²) in [5.74, 6) is 0.108. The average molecular weight is 314 g/mol. The molecule has 0 saturated carbocycles. The summed E-state index contributed by atoms with van der Waals surface area (Å²) in [6.45, 7) is 3.34. The van der Waals surface area contributed by atoms with Crippen LogP contribution in [0.15, 0.2) is 35.0 Å². The molecule has 1 aromatic heterocycles. The second-order valence-electron chi connectivity index (χ2n) is 6.06. The van der Waals surface area contributed by atoms with Gasteiger partial charge in [-0.25, -0.2) is 0 Å². The van der Waals surface area contributed by atoms with Crippen molar-refractivity contribution in [2.45, 2.75) is 19.4 Å². The Balaban J connectivity index is 1.87. The van der Waals surface area contributed by atoms with Crippen molar-refractivity contribution in [1.29, 1.82) is 0 Å². The van der Waals surface area contributed by atoms with Gasteiger partial charge < -0.3 is 4.90 Å². The Morgan fingerprint density at radius 2 is 1.95 bits per heavy atom. The first-order chi connectivity index (χ1) is 10.6. The van der Waals surface area contributed by atoms with Crippen LogP contribution in [0.25, 0.3) is 0 Å². The van der Waals surface area contributed by atoms with E-state index in [1.165, 1.54) is 31.5 Å². The van der Waals surface area contributed by atoms with Crippen LogP contribution >= 0.6 is 11.3 Å². The summed E-state index contributed by atoms with van der Waals surface area (Å²) in [7, 11) is 4.09. The van der Waals surface area contributed by atoms with Crippen LogP contribution < -0.4 is 4.90 Å². The number of thiophene rings is 1. The van der Waals surface area contributed by atoms with Gasteiger partial charge in [0.2, 0.25) is 0 Å². The van der Waals surface area contributed by atoms with E-state index < -0.39 is 0 Å². The monoisotopic (exact) mass is 314 g/mol. The maximum Gasteiger partial charge on any atom is 0.193 e. The maximum atomic E-state index is 12.5. The van der Waals surface area contributed by atoms with Crippen molar-refractivity contribution in [3.8, 4) is 0 Å². The van der Waals surface area contributed by atoms with E-state index in [0.29, 0.717) is 0 Å². The van der Waals surface area contributed by atoms with Gasteiger partial charge >= 0.3 is 0 Å². The summed E-state index contributed by atoms with van der Waals surface area (Å²) in [4.78, 5) is 17.1. The van der Waals surface area contributed by atoms with E-state index in [1.54, 1.807) is 11.3 Å². The Bertz CT molecular complexity index is 643. The van der Waals surface area contributed by atoms with Gasteiger partial charge in [0.1, 0.15) is 0 Å². The molecule has 0 unspecified atom stereocenters. The molecule has 4 heteroatoms. The number of hydrogen-bond acceptors (Lipinski definition) is 4. The number of anilines is 1. The van der Waals surface area contributed by atoms with Crippen LogP contribution in [-0.4, -0.2) is 37.9 Å². The molecule has 0 bridgehead atoms. The van der Waals surface area contributed by atoms with Gasteiger partial charge in [-0.05, 0) is 49.0 Å². The summed E-state index contributed by atoms with van der Waals surface area (Å²) >= 11 is 1.56. The first-order valence-electron chi connectivity index (χ1n) is 7.74. The van der Waals surface area contributed by atoms with Crippen LogP contribution in [0.3, 0.4) is 0 Å². The molecule has 0 spiro atoms. The summed E-state index contributed by atoms with van der Waals surface area (Å²) < 4.78 is 0. The lowest BCUT2D eigenvalue weighted by Crippen LogP contribution is -2.21. The minimum Gasteiger partial charge on any atom is -0.377 e. The van der Waals surface area contributed by atoms with E-state index in [0.717, 1.165) is 23.4 Å². The van der Waals surface area contributed by atoms with Gasteiger partial charge in [-0.15, -0.1) is 0 Å². The molecule has 0 radical (unpaired) electrons. The zero-order valence-corrected chi connectivity index (χ0v) is 14.0. The lowest BCUT2D eigenvalue weighted by Gasteiger charge is -2.22. The fraction of sp³-hybridized carbons (Fsp3) is 0.389. The molecular formula is C18H22N2OS. The standard InChI is InChI=1S/C18H22N2OS/c1-19(2)17-11-14(18(21)16-7-10-22-13-16)5-6-15(17)12-20-8-3-4-9-20/h5-7,10-11,13H,3-4,8-9,12H2,1-2H3. The lowest BCUT2D eigenvalue weighted by molar-refractivity contribution is 0.103. The smallest absolute Gasteiger partial charge is 0.193 e. The number of likely N-dealkylation sites (tertiary alicyclic amines) is 1. The Hall–Kier alpha value is -1.65. The summed E-state index contributed by atoms with van der Waals surface area (Å²) in [6.07, 6.45) is 2.60. The highest BCUT2D eigenvalue weighted by Gasteiger charge is 2.17. The fourth-order valence-corrected chi connectivity index (χ4v) is 3.63. The van der Waals surface area contributed by atoms with Gasteiger partial charge in [0.25, 0.3) is 0 Å². The first kappa shape index (κ1) is 15.3. The Morgan fingerprint density at radius 1 is 1.18 bits per heavy atom. The molecule has 116 valence electrons. The molecule has 0 N–H and O–H groups in total. The molecule has 0 aliphatic carbocycles. The van der Waals surface area contributed by atoms with Crippen molar-refractivity contribution in [3.05, 3.63) is 51.7 Å². The highest BCUT2D eigenvalue weighted by Crippen LogP contribution is 2.25. The molecule has 1 aromatic carbocycles. The highest BCUT2D eigenvalue weighted by atomic mass is 32.1. The zero-order chi connectivity index (χ0) is 15.5. The van der Waals surface area contributed by atoms with E-state index in [4.69, 9.17) is 0 Å². The predicted molar refractivity (Wildman–Crippen MR) is 93.0 cm³/mol. The Kier molecular flexibility index (Phi) is 4.60. The predicted octanol–water partition coefficient (Wildman–Crippen LogP) is 3.64. The largest absolute Gasteiger partial charge is 0.377 e. The maximum absolute atomic E-state index is 12.5. The molecule has 3 rings (SSSR count). The number of hydrogen-bond donors (Lipinski definition) is 0. The molecule has 1 aliphatic heterocycles. The van der Waals surface area contributed by atoms with Crippen molar-refractivity contribution in [3.63, 3.8) is 0 Å². The van der Waals surface area contributed by atoms with Crippen LogP contribution in [0.1, 0.15) is 34.3 Å². The quantitative estimate of drug-likeness (QED) is 0.787. The second kappa shape index (κ2) is 6.63. The highest BCUT2D eigenvalue weighted by molar-refractivity contribution is 7.08. The third-order valence-electron chi connectivity index (χ3n) is 4.21. The van der Waals surface area contributed by atoms with Crippen molar-refractivity contribution >= 4 is 22.8 Å². The normalized spacial score (nSPS) is 15.2. The average Bonchev–Trinajstić information content (AvgIpc) is 3.20. The molecule has 3 nitrogen and oxygen atoms in total. The molecule has 22 heavy (non-hydrogen) atoms. The molecule has 1 saturated heterocycles. The summed E-state index contributed by atoms with van der Waals surface area (Å²) in [5.41, 5.74) is 4.00. The SMILES string of the molecule is CN(C)c1cc(C(=O)c2ccsc2)ccc1CN1CCCC1. The van der Waals surface area contributed by atoms with Crippen molar-refractivity contribution in [2.24, 2.45) is 0 Å². The summed E-state index contributed by atoms with van der Waals surface area (Å²) in [6, 6.07) is 8.01. The Morgan fingerprint density at radius 3 is 2.59 bits per heavy atom. The molecule has 2 heterocycles. The van der Waals surface area contributed by atoms with Gasteiger partial charge in [-0.3, -0.25) is 9.69 Å². The van der Waals surface area contributed by atoms with E-state index in [1.807, 2.05) is 43.1 Å². The van der Waals surface area contributed by atoms with Gasteiger partial charge in [-0.2, -0.15) is 11.3 Å². The third-order valence-corrected chi connectivity index (χ3v) is 4.89. The minimum atomic E-state index is 0.108. The number of benzene rings is 1. The van der Waals surface area contributed by atoms with Gasteiger partial charge in [-0.1, -0.05) is 12.1 Å². The van der Waals surface area contributed by atoms with Crippen LogP contribution in [0, 0.1) is 0 Å². The van der Waals surface area contributed by atoms with Crippen molar-refractivity contribution < 1.29 is 4.79 Å². The van der Waals surface area contributed by atoms with Gasteiger partial charge in [0.15, 0.2) is 5.78 Å². The number of rotatable bonds is 5. The van der Waals surface area contributed by atoms with Crippen molar-refractivity contribution in [1.82, 2.24) is 4.90 Å². The van der Waals surface area contributed by atoms with Gasteiger partial charge in [0, 0.05) is 42.8 Å². The van der Waals surface area contributed by atoms with Crippen molar-refractivity contribution in [2.75, 3.05) is 32.1 Å². The zero-order valence-electron chi connectivity index (χ0n) is 13.2. The Labute approximate surface area is 136 Å². The van der Waals surface area contributed by atoms with Crippen LogP contribution in [-0.2, 0) is 6.54 Å². The second-order valence-corrected chi connectivity index (χ2v) is 6.84. The number of carbonyl (C=O) groups excluding carboxylic acids is 1. The van der Waals surface area contributed by atoms with E-state index in [9.17, 15) is 4.79 Å². The fourth-order valence-electron chi connectivity index (χ4n) is 3.00. The molecule has 2 aromatic rings. The van der Waals surface area contributed by atoms with E-state index in [2.05, 4.69) is 15.9 Å². The van der Waals surface area contributed by atoms with E-state index >= 15 is 0 Å². The summed E-state index contributed by atoms with van der Waals surface area (Å²) in [5, 5.41) is 3.86. The lowest BCUT2D eigenvalue weighted by atomic mass is 10.0. The number of carbonyl (C=O) groups is 1. The topological polar surface area (TPSA) is 23.6 Å². The van der Waals surface area contributed by atoms with Crippen LogP contribution in [0.2, 0.25) is 0 Å². The molecule has 0 amide bonds. The third kappa shape index (κ3) is 3.23. The molecule has 1 aliphatic rings. The number of nitrogens with zero attached hydrogens (tertiary/aromatic N) is 2.